The summed E-state index contributed by atoms with van der Waals surface area (Å²) in [6, 6.07) is 0. The number of H-pyrrole nitrogens is 1. The quantitative estimate of drug-likeness (QED) is 0.805. The second kappa shape index (κ2) is 4.99. The average molecular weight is 265 g/mol. The van der Waals surface area contributed by atoms with E-state index < -0.39 is 5.41 Å². The molecule has 104 valence electrons. The molecular formula is C12H19N5O2. The van der Waals surface area contributed by atoms with Gasteiger partial charge in [0.2, 0.25) is 11.7 Å². The van der Waals surface area contributed by atoms with E-state index in [-0.39, 0.29) is 17.6 Å². The second-order valence-corrected chi connectivity index (χ2v) is 5.26. The molecule has 1 saturated heterocycles. The van der Waals surface area contributed by atoms with Crippen LogP contribution in [0.2, 0.25) is 0 Å². The minimum absolute atomic E-state index is 0.164. The summed E-state index contributed by atoms with van der Waals surface area (Å²) in [5.41, 5.74) is 4.72. The predicted molar refractivity (Wildman–Crippen MR) is 68.2 cm³/mol. The number of hydrogen-bond donors (Lipinski definition) is 2. The number of aryl methyl sites for hydroxylation is 1. The van der Waals surface area contributed by atoms with E-state index in [0.29, 0.717) is 25.3 Å². The zero-order valence-corrected chi connectivity index (χ0v) is 11.3. The molecule has 7 heteroatoms. The molecule has 1 fully saturated rings. The fourth-order valence-corrected chi connectivity index (χ4v) is 2.22. The molecule has 1 unspecified atom stereocenters. The molecule has 1 aromatic heterocycles. The molecule has 2 amide bonds. The van der Waals surface area contributed by atoms with Crippen LogP contribution in [0.15, 0.2) is 0 Å². The summed E-state index contributed by atoms with van der Waals surface area (Å²) in [7, 11) is 0. The van der Waals surface area contributed by atoms with E-state index in [2.05, 4.69) is 15.2 Å². The van der Waals surface area contributed by atoms with E-state index in [4.69, 9.17) is 5.73 Å². The maximum absolute atomic E-state index is 12.2. The number of amides is 2. The molecule has 0 saturated carbocycles. The van der Waals surface area contributed by atoms with Crippen LogP contribution in [0.4, 0.5) is 0 Å². The molecule has 1 aromatic rings. The number of primary amides is 1. The summed E-state index contributed by atoms with van der Waals surface area (Å²) in [6.07, 6.45) is 2.28. The monoisotopic (exact) mass is 265 g/mol. The summed E-state index contributed by atoms with van der Waals surface area (Å²) in [5.74, 6) is 0.257. The number of nitrogens with zero attached hydrogens (tertiary/aromatic N) is 3. The van der Waals surface area contributed by atoms with Crippen molar-refractivity contribution in [2.45, 2.75) is 33.1 Å². The van der Waals surface area contributed by atoms with Crippen LogP contribution in [0.1, 0.15) is 43.1 Å². The van der Waals surface area contributed by atoms with Crippen LogP contribution in [-0.2, 0) is 11.2 Å². The van der Waals surface area contributed by atoms with E-state index in [1.54, 1.807) is 11.8 Å². The molecule has 3 N–H and O–H groups in total. The largest absolute Gasteiger partial charge is 0.369 e. The fraction of sp³-hybridized carbons (Fsp3) is 0.667. The average Bonchev–Trinajstić information content (AvgIpc) is 2.97. The third-order valence-corrected chi connectivity index (χ3v) is 3.57. The van der Waals surface area contributed by atoms with Crippen LogP contribution in [0.3, 0.4) is 0 Å². The van der Waals surface area contributed by atoms with Gasteiger partial charge in [-0.25, -0.2) is 4.98 Å². The Morgan fingerprint density at radius 1 is 1.53 bits per heavy atom. The van der Waals surface area contributed by atoms with Crippen LogP contribution >= 0.6 is 0 Å². The van der Waals surface area contributed by atoms with Crippen LogP contribution in [-0.4, -0.2) is 45.0 Å². The van der Waals surface area contributed by atoms with E-state index >= 15 is 0 Å². The highest BCUT2D eigenvalue weighted by Crippen LogP contribution is 2.29. The SMILES string of the molecule is CCCc1nc(C(=O)N2CCC(C)(C(N)=O)C2)n[nH]1. The van der Waals surface area contributed by atoms with Crippen molar-refractivity contribution >= 4 is 11.8 Å². The highest BCUT2D eigenvalue weighted by atomic mass is 16.2. The second-order valence-electron chi connectivity index (χ2n) is 5.26. The minimum Gasteiger partial charge on any atom is -0.369 e. The van der Waals surface area contributed by atoms with Crippen LogP contribution in [0.25, 0.3) is 0 Å². The lowest BCUT2D eigenvalue weighted by Crippen LogP contribution is -2.38. The van der Waals surface area contributed by atoms with Crippen molar-refractivity contribution in [3.8, 4) is 0 Å². The fourth-order valence-electron chi connectivity index (χ4n) is 2.22. The van der Waals surface area contributed by atoms with Gasteiger partial charge in [0.25, 0.3) is 5.91 Å². The Bertz CT molecular complexity index is 498. The van der Waals surface area contributed by atoms with Crippen molar-refractivity contribution < 1.29 is 9.59 Å². The number of hydrogen-bond acceptors (Lipinski definition) is 4. The Hall–Kier alpha value is -1.92. The normalized spacial score (nSPS) is 22.7. The molecule has 19 heavy (non-hydrogen) atoms. The Morgan fingerprint density at radius 2 is 2.26 bits per heavy atom. The number of nitrogens with two attached hydrogens (primary N) is 1. The maximum atomic E-state index is 12.2. The number of aromatic amines is 1. The smallest absolute Gasteiger partial charge is 0.293 e. The topological polar surface area (TPSA) is 105 Å². The van der Waals surface area contributed by atoms with Gasteiger partial charge >= 0.3 is 0 Å². The highest BCUT2D eigenvalue weighted by molar-refractivity contribution is 5.92. The standard InChI is InChI=1S/C12H19N5O2/c1-3-4-8-14-9(16-15-8)10(18)17-6-5-12(2,7-17)11(13)19/h3-7H2,1-2H3,(H2,13,19)(H,14,15,16). The molecule has 2 rings (SSSR count). The molecular weight excluding hydrogens is 246 g/mol. The lowest BCUT2D eigenvalue weighted by Gasteiger charge is -2.20. The summed E-state index contributed by atoms with van der Waals surface area (Å²) in [6.45, 7) is 4.65. The van der Waals surface area contributed by atoms with Gasteiger partial charge in [0.1, 0.15) is 5.82 Å². The molecule has 0 radical (unpaired) electrons. The van der Waals surface area contributed by atoms with Crippen molar-refractivity contribution in [1.82, 2.24) is 20.1 Å². The van der Waals surface area contributed by atoms with Crippen molar-refractivity contribution in [2.75, 3.05) is 13.1 Å². The number of aromatic nitrogens is 3. The molecule has 0 aliphatic carbocycles. The summed E-state index contributed by atoms with van der Waals surface area (Å²) < 4.78 is 0. The van der Waals surface area contributed by atoms with Crippen molar-refractivity contribution in [3.63, 3.8) is 0 Å². The summed E-state index contributed by atoms with van der Waals surface area (Å²) in [4.78, 5) is 29.3. The minimum atomic E-state index is -0.641. The molecule has 0 bridgehead atoms. The Kier molecular flexibility index (Phi) is 3.55. The zero-order valence-electron chi connectivity index (χ0n) is 11.3. The first kappa shape index (κ1) is 13.5. The Labute approximate surface area is 111 Å². The molecule has 2 heterocycles. The van der Waals surface area contributed by atoms with Crippen molar-refractivity contribution in [1.29, 1.82) is 0 Å². The van der Waals surface area contributed by atoms with E-state index in [1.165, 1.54) is 0 Å². The van der Waals surface area contributed by atoms with Gasteiger partial charge in [-0.1, -0.05) is 6.92 Å². The number of rotatable bonds is 4. The van der Waals surface area contributed by atoms with E-state index in [0.717, 1.165) is 12.8 Å². The molecule has 1 aliphatic rings. The number of carbonyl (C=O) groups excluding carboxylic acids is 2. The van der Waals surface area contributed by atoms with Gasteiger partial charge < -0.3 is 10.6 Å². The molecule has 7 nitrogen and oxygen atoms in total. The van der Waals surface area contributed by atoms with Gasteiger partial charge in [0.05, 0.1) is 5.41 Å². The maximum Gasteiger partial charge on any atom is 0.293 e. The number of likely N-dealkylation sites (tertiary alicyclic amines) is 1. The zero-order chi connectivity index (χ0) is 14.0. The lowest BCUT2D eigenvalue weighted by atomic mass is 9.89. The third-order valence-electron chi connectivity index (χ3n) is 3.57. The summed E-state index contributed by atoms with van der Waals surface area (Å²) >= 11 is 0. The third kappa shape index (κ3) is 2.59. The van der Waals surface area contributed by atoms with Crippen LogP contribution in [0.5, 0.6) is 0 Å². The van der Waals surface area contributed by atoms with Gasteiger partial charge in [-0.05, 0) is 19.8 Å². The van der Waals surface area contributed by atoms with Gasteiger partial charge in [-0.15, -0.1) is 5.10 Å². The number of nitrogens with one attached hydrogen (secondary N) is 1. The van der Waals surface area contributed by atoms with E-state index in [1.807, 2.05) is 6.92 Å². The molecule has 1 atom stereocenters. The molecule has 0 aromatic carbocycles. The van der Waals surface area contributed by atoms with Crippen LogP contribution < -0.4 is 5.73 Å². The number of carbonyl (C=O) groups is 2. The van der Waals surface area contributed by atoms with Gasteiger partial charge in [-0.3, -0.25) is 14.7 Å². The summed E-state index contributed by atoms with van der Waals surface area (Å²) in [5, 5.41) is 6.68. The highest BCUT2D eigenvalue weighted by Gasteiger charge is 2.41. The van der Waals surface area contributed by atoms with Gasteiger partial charge in [0.15, 0.2) is 0 Å². The predicted octanol–water partition coefficient (Wildman–Crippen LogP) is 0.0947. The van der Waals surface area contributed by atoms with Gasteiger partial charge in [0, 0.05) is 19.5 Å². The molecule has 0 spiro atoms. The van der Waals surface area contributed by atoms with Crippen molar-refractivity contribution in [2.24, 2.45) is 11.1 Å². The first-order valence-electron chi connectivity index (χ1n) is 6.47. The van der Waals surface area contributed by atoms with Gasteiger partial charge in [-0.2, -0.15) is 0 Å². The molecule has 1 aliphatic heterocycles. The first-order valence-corrected chi connectivity index (χ1v) is 6.47. The van der Waals surface area contributed by atoms with E-state index in [9.17, 15) is 9.59 Å². The Morgan fingerprint density at radius 3 is 2.84 bits per heavy atom. The lowest BCUT2D eigenvalue weighted by molar-refractivity contribution is -0.126. The Balaban J connectivity index is 2.06. The first-order chi connectivity index (χ1) is 8.96. The van der Waals surface area contributed by atoms with Crippen LogP contribution in [0, 0.1) is 5.41 Å². The van der Waals surface area contributed by atoms with Crippen molar-refractivity contribution in [3.05, 3.63) is 11.6 Å².